The van der Waals surface area contributed by atoms with Gasteiger partial charge in [0, 0.05) is 10.9 Å². The molecule has 2 aromatic rings. The molecule has 0 aromatic carbocycles. The zero-order chi connectivity index (χ0) is 12.3. The summed E-state index contributed by atoms with van der Waals surface area (Å²) >= 11 is 1.58. The summed E-state index contributed by atoms with van der Waals surface area (Å²) in [4.78, 5) is 23.6. The van der Waals surface area contributed by atoms with Crippen LogP contribution in [0.1, 0.15) is 28.3 Å². The minimum absolute atomic E-state index is 0.0729. The fourth-order valence-corrected chi connectivity index (χ4v) is 2.08. The van der Waals surface area contributed by atoms with Crippen molar-refractivity contribution in [2.45, 2.75) is 13.0 Å². The van der Waals surface area contributed by atoms with E-state index >= 15 is 0 Å². The smallest absolute Gasteiger partial charge is 0.272 e. The first-order valence-corrected chi connectivity index (χ1v) is 5.95. The minimum Gasteiger partial charge on any atom is -0.343 e. The second-order valence-electron chi connectivity index (χ2n) is 3.52. The third-order valence-electron chi connectivity index (χ3n) is 2.23. The molecule has 0 aliphatic rings. The Hall–Kier alpha value is -1.95. The van der Waals surface area contributed by atoms with Crippen LogP contribution in [0.4, 0.5) is 0 Å². The van der Waals surface area contributed by atoms with Crippen molar-refractivity contribution in [3.05, 3.63) is 50.6 Å². The Labute approximate surface area is 102 Å². The number of hydrogen-bond acceptors (Lipinski definition) is 4. The van der Waals surface area contributed by atoms with Crippen LogP contribution in [0.2, 0.25) is 0 Å². The predicted molar refractivity (Wildman–Crippen MR) is 65.1 cm³/mol. The van der Waals surface area contributed by atoms with E-state index in [4.69, 9.17) is 0 Å². The zero-order valence-corrected chi connectivity index (χ0v) is 9.95. The minimum atomic E-state index is -0.326. The quantitative estimate of drug-likeness (QED) is 0.861. The van der Waals surface area contributed by atoms with Crippen LogP contribution in [0.5, 0.6) is 0 Å². The van der Waals surface area contributed by atoms with Crippen LogP contribution >= 0.6 is 11.3 Å². The molecule has 1 unspecified atom stereocenters. The second kappa shape index (κ2) is 4.92. The average Bonchev–Trinajstić information content (AvgIpc) is 2.83. The maximum absolute atomic E-state index is 11.8. The molecule has 2 aromatic heterocycles. The fraction of sp³-hybridized carbons (Fsp3) is 0.182. The topological polar surface area (TPSA) is 74.8 Å². The summed E-state index contributed by atoms with van der Waals surface area (Å²) in [6.45, 7) is 1.90. The fourth-order valence-electron chi connectivity index (χ4n) is 1.35. The number of rotatable bonds is 3. The lowest BCUT2D eigenvalue weighted by Gasteiger charge is -2.11. The van der Waals surface area contributed by atoms with Gasteiger partial charge in [-0.05, 0) is 24.4 Å². The molecule has 17 heavy (non-hydrogen) atoms. The lowest BCUT2D eigenvalue weighted by atomic mass is 10.2. The molecular formula is C11H11N3O2S. The van der Waals surface area contributed by atoms with Crippen LogP contribution in [0.25, 0.3) is 0 Å². The summed E-state index contributed by atoms with van der Waals surface area (Å²) < 4.78 is 0. The molecule has 5 nitrogen and oxygen atoms in total. The van der Waals surface area contributed by atoms with Gasteiger partial charge in [-0.1, -0.05) is 6.07 Å². The predicted octanol–water partition coefficient (Wildman–Crippen LogP) is 1.32. The molecule has 0 spiro atoms. The Kier molecular flexibility index (Phi) is 3.34. The Morgan fingerprint density at radius 2 is 2.29 bits per heavy atom. The molecule has 0 aliphatic carbocycles. The summed E-state index contributed by atoms with van der Waals surface area (Å²) in [6.07, 6.45) is 0. The van der Waals surface area contributed by atoms with Crippen molar-refractivity contribution in [1.29, 1.82) is 0 Å². The lowest BCUT2D eigenvalue weighted by Crippen LogP contribution is -2.28. The van der Waals surface area contributed by atoms with E-state index in [9.17, 15) is 9.59 Å². The van der Waals surface area contributed by atoms with Crippen molar-refractivity contribution in [3.63, 3.8) is 0 Å². The van der Waals surface area contributed by atoms with Gasteiger partial charge in [0.15, 0.2) is 0 Å². The van der Waals surface area contributed by atoms with Gasteiger partial charge in [0.05, 0.1) is 6.04 Å². The first-order chi connectivity index (χ1) is 8.16. The SMILES string of the molecule is CC(NC(=O)c1ccc(=O)[nH]n1)c1cccs1. The van der Waals surface area contributed by atoms with Gasteiger partial charge in [-0.2, -0.15) is 5.10 Å². The number of aromatic nitrogens is 2. The van der Waals surface area contributed by atoms with Gasteiger partial charge < -0.3 is 5.32 Å². The maximum Gasteiger partial charge on any atom is 0.272 e. The first kappa shape index (κ1) is 11.5. The highest BCUT2D eigenvalue weighted by molar-refractivity contribution is 7.10. The number of nitrogens with one attached hydrogen (secondary N) is 2. The van der Waals surface area contributed by atoms with Crippen molar-refractivity contribution in [1.82, 2.24) is 15.5 Å². The van der Waals surface area contributed by atoms with Gasteiger partial charge in [-0.25, -0.2) is 5.10 Å². The van der Waals surface area contributed by atoms with Crippen molar-refractivity contribution < 1.29 is 4.79 Å². The van der Waals surface area contributed by atoms with Crippen LogP contribution < -0.4 is 10.9 Å². The highest BCUT2D eigenvalue weighted by atomic mass is 32.1. The Morgan fingerprint density at radius 3 is 2.88 bits per heavy atom. The Balaban J connectivity index is 2.07. The van der Waals surface area contributed by atoms with E-state index in [1.165, 1.54) is 12.1 Å². The Bertz CT molecular complexity index is 542. The third kappa shape index (κ3) is 2.79. The molecule has 1 atom stereocenters. The molecule has 88 valence electrons. The van der Waals surface area contributed by atoms with Gasteiger partial charge in [0.25, 0.3) is 11.5 Å². The summed E-state index contributed by atoms with van der Waals surface area (Å²) in [5.41, 5.74) is -0.124. The van der Waals surface area contributed by atoms with E-state index in [0.29, 0.717) is 0 Å². The molecule has 2 N–H and O–H groups in total. The number of amides is 1. The normalized spacial score (nSPS) is 12.1. The largest absolute Gasteiger partial charge is 0.343 e. The number of carbonyl (C=O) groups is 1. The standard InChI is InChI=1S/C11H11N3O2S/c1-7(9-3-2-6-17-9)12-11(16)8-4-5-10(15)14-13-8/h2-7H,1H3,(H,12,16)(H,14,15). The monoisotopic (exact) mass is 249 g/mol. The van der Waals surface area contributed by atoms with Crippen LogP contribution in [-0.2, 0) is 0 Å². The highest BCUT2D eigenvalue weighted by Crippen LogP contribution is 2.18. The van der Waals surface area contributed by atoms with Crippen LogP contribution in [-0.4, -0.2) is 16.1 Å². The molecule has 0 radical (unpaired) electrons. The van der Waals surface area contributed by atoms with E-state index in [2.05, 4.69) is 15.5 Å². The lowest BCUT2D eigenvalue weighted by molar-refractivity contribution is 0.0934. The molecule has 0 bridgehead atoms. The summed E-state index contributed by atoms with van der Waals surface area (Å²) in [6, 6.07) is 6.49. The van der Waals surface area contributed by atoms with Crippen molar-refractivity contribution in [2.75, 3.05) is 0 Å². The van der Waals surface area contributed by atoms with Crippen LogP contribution in [0.3, 0.4) is 0 Å². The summed E-state index contributed by atoms with van der Waals surface area (Å²) in [5, 5.41) is 10.7. The number of H-pyrrole nitrogens is 1. The molecule has 1 amide bonds. The van der Waals surface area contributed by atoms with E-state index in [0.717, 1.165) is 4.88 Å². The number of carbonyl (C=O) groups excluding carboxylic acids is 1. The molecule has 0 aliphatic heterocycles. The van der Waals surface area contributed by atoms with Crippen molar-refractivity contribution >= 4 is 17.2 Å². The van der Waals surface area contributed by atoms with E-state index < -0.39 is 0 Å². The number of nitrogens with zero attached hydrogens (tertiary/aromatic N) is 1. The van der Waals surface area contributed by atoms with E-state index in [1.54, 1.807) is 11.3 Å². The summed E-state index contributed by atoms with van der Waals surface area (Å²) in [7, 11) is 0. The second-order valence-corrected chi connectivity index (χ2v) is 4.50. The zero-order valence-electron chi connectivity index (χ0n) is 9.14. The third-order valence-corrected chi connectivity index (χ3v) is 3.28. The molecule has 6 heteroatoms. The molecule has 0 fully saturated rings. The molecule has 2 rings (SSSR count). The average molecular weight is 249 g/mol. The number of aromatic amines is 1. The van der Waals surface area contributed by atoms with Gasteiger partial charge in [-0.3, -0.25) is 9.59 Å². The molecule has 0 saturated heterocycles. The molecule has 2 heterocycles. The van der Waals surface area contributed by atoms with Crippen LogP contribution in [0, 0.1) is 0 Å². The van der Waals surface area contributed by atoms with Gasteiger partial charge >= 0.3 is 0 Å². The van der Waals surface area contributed by atoms with Crippen molar-refractivity contribution in [2.24, 2.45) is 0 Å². The summed E-state index contributed by atoms with van der Waals surface area (Å²) in [5.74, 6) is -0.304. The van der Waals surface area contributed by atoms with Gasteiger partial charge in [0.1, 0.15) is 5.69 Å². The van der Waals surface area contributed by atoms with Gasteiger partial charge in [-0.15, -0.1) is 11.3 Å². The molecular weight excluding hydrogens is 238 g/mol. The maximum atomic E-state index is 11.8. The van der Waals surface area contributed by atoms with Crippen molar-refractivity contribution in [3.8, 4) is 0 Å². The van der Waals surface area contributed by atoms with Gasteiger partial charge in [0.2, 0.25) is 0 Å². The first-order valence-electron chi connectivity index (χ1n) is 5.07. The number of thiophene rings is 1. The van der Waals surface area contributed by atoms with E-state index in [-0.39, 0.29) is 23.2 Å². The van der Waals surface area contributed by atoms with Crippen LogP contribution in [0.15, 0.2) is 34.4 Å². The highest BCUT2D eigenvalue weighted by Gasteiger charge is 2.12. The molecule has 0 saturated carbocycles. The Morgan fingerprint density at radius 1 is 1.47 bits per heavy atom. The number of hydrogen-bond donors (Lipinski definition) is 2. The van der Waals surface area contributed by atoms with E-state index in [1.807, 2.05) is 24.4 Å².